The standard InChI is InChI=1S/C20H18O3/c1-14-6-5-9-16(12-14)17(19-10-11-20(22)23-19)13-18(21)15-7-3-2-4-8-15/h2-12,17,19H,13H2,1H3/t17-,19-/m0/s1. The minimum atomic E-state index is -0.392. The number of aryl methyl sites for hydroxylation is 1. The first-order valence-electron chi connectivity index (χ1n) is 7.67. The van der Waals surface area contributed by atoms with Crippen molar-refractivity contribution in [2.24, 2.45) is 0 Å². The largest absolute Gasteiger partial charge is 0.454 e. The number of ketones is 1. The van der Waals surface area contributed by atoms with Gasteiger partial charge in [0.25, 0.3) is 0 Å². The van der Waals surface area contributed by atoms with E-state index in [0.29, 0.717) is 12.0 Å². The Kier molecular flexibility index (Phi) is 4.38. The molecule has 0 fully saturated rings. The lowest BCUT2D eigenvalue weighted by atomic mass is 9.86. The van der Waals surface area contributed by atoms with Crippen molar-refractivity contribution in [3.05, 3.63) is 83.4 Å². The summed E-state index contributed by atoms with van der Waals surface area (Å²) < 4.78 is 5.35. The maximum atomic E-state index is 12.6. The summed E-state index contributed by atoms with van der Waals surface area (Å²) in [4.78, 5) is 24.0. The summed E-state index contributed by atoms with van der Waals surface area (Å²) in [7, 11) is 0. The SMILES string of the molecule is Cc1cccc([C@H](CC(=O)c2ccccc2)[C@@H]2C=CC(=O)O2)c1. The molecule has 0 radical (unpaired) electrons. The average Bonchev–Trinajstić information content (AvgIpc) is 2.99. The lowest BCUT2D eigenvalue weighted by molar-refractivity contribution is -0.139. The van der Waals surface area contributed by atoms with E-state index in [1.165, 1.54) is 6.08 Å². The Bertz CT molecular complexity index is 746. The highest BCUT2D eigenvalue weighted by Gasteiger charge is 2.30. The van der Waals surface area contributed by atoms with Crippen LogP contribution in [0.3, 0.4) is 0 Å². The Morgan fingerprint density at radius 1 is 1.13 bits per heavy atom. The molecule has 0 bridgehead atoms. The van der Waals surface area contributed by atoms with Crippen LogP contribution in [0.5, 0.6) is 0 Å². The summed E-state index contributed by atoms with van der Waals surface area (Å²) in [5.41, 5.74) is 2.81. The first-order chi connectivity index (χ1) is 11.1. The van der Waals surface area contributed by atoms with Crippen molar-refractivity contribution in [3.63, 3.8) is 0 Å². The van der Waals surface area contributed by atoms with E-state index >= 15 is 0 Å². The Hall–Kier alpha value is -2.68. The lowest BCUT2D eigenvalue weighted by Gasteiger charge is -2.22. The number of hydrogen-bond donors (Lipinski definition) is 0. The van der Waals surface area contributed by atoms with Crippen molar-refractivity contribution in [2.45, 2.75) is 25.4 Å². The molecule has 0 spiro atoms. The van der Waals surface area contributed by atoms with Gasteiger partial charge in [0.05, 0.1) is 0 Å². The number of esters is 1. The van der Waals surface area contributed by atoms with E-state index in [1.54, 1.807) is 6.08 Å². The van der Waals surface area contributed by atoms with Crippen LogP contribution >= 0.6 is 0 Å². The Morgan fingerprint density at radius 2 is 1.91 bits per heavy atom. The van der Waals surface area contributed by atoms with E-state index < -0.39 is 6.10 Å². The van der Waals surface area contributed by atoms with E-state index in [9.17, 15) is 9.59 Å². The number of carbonyl (C=O) groups excluding carboxylic acids is 2. The number of Topliss-reactive ketones (excluding diaryl/α,β-unsaturated/α-hetero) is 1. The monoisotopic (exact) mass is 306 g/mol. The Labute approximate surface area is 135 Å². The zero-order valence-electron chi connectivity index (χ0n) is 12.9. The second kappa shape index (κ2) is 6.61. The van der Waals surface area contributed by atoms with Gasteiger partial charge < -0.3 is 4.74 Å². The molecule has 2 aromatic rings. The summed E-state index contributed by atoms with van der Waals surface area (Å²) >= 11 is 0. The number of ether oxygens (including phenoxy) is 1. The van der Waals surface area contributed by atoms with Crippen molar-refractivity contribution >= 4 is 11.8 Å². The zero-order chi connectivity index (χ0) is 16.2. The van der Waals surface area contributed by atoms with Crippen molar-refractivity contribution in [1.29, 1.82) is 0 Å². The zero-order valence-corrected chi connectivity index (χ0v) is 12.9. The minimum Gasteiger partial charge on any atom is -0.454 e. The van der Waals surface area contributed by atoms with Gasteiger partial charge >= 0.3 is 5.97 Å². The molecule has 3 heteroatoms. The number of cyclic esters (lactones) is 1. The molecule has 2 aromatic carbocycles. The predicted molar refractivity (Wildman–Crippen MR) is 88.3 cm³/mol. The number of carbonyl (C=O) groups is 2. The molecule has 0 aromatic heterocycles. The second-order valence-electron chi connectivity index (χ2n) is 5.77. The number of benzene rings is 2. The molecule has 0 saturated carbocycles. The van der Waals surface area contributed by atoms with Crippen LogP contribution in [0.1, 0.15) is 33.8 Å². The highest BCUT2D eigenvalue weighted by atomic mass is 16.5. The smallest absolute Gasteiger partial charge is 0.331 e. The molecule has 0 amide bonds. The Morgan fingerprint density at radius 3 is 2.57 bits per heavy atom. The molecular formula is C20H18O3. The molecule has 1 aliphatic rings. The fraction of sp³-hybridized carbons (Fsp3) is 0.200. The van der Waals surface area contributed by atoms with Crippen molar-refractivity contribution < 1.29 is 14.3 Å². The van der Waals surface area contributed by atoms with E-state index in [2.05, 4.69) is 0 Å². The number of rotatable bonds is 5. The summed E-state index contributed by atoms with van der Waals surface area (Å²) in [6, 6.07) is 17.2. The second-order valence-corrected chi connectivity index (χ2v) is 5.77. The third-order valence-electron chi connectivity index (χ3n) is 4.04. The lowest BCUT2D eigenvalue weighted by Crippen LogP contribution is -2.22. The molecule has 0 N–H and O–H groups in total. The third kappa shape index (κ3) is 3.57. The van der Waals surface area contributed by atoms with Gasteiger partial charge in [0.2, 0.25) is 0 Å². The molecule has 1 heterocycles. The quantitative estimate of drug-likeness (QED) is 0.623. The molecular weight excluding hydrogens is 288 g/mol. The third-order valence-corrected chi connectivity index (χ3v) is 4.04. The van der Waals surface area contributed by atoms with Crippen LogP contribution in [-0.4, -0.2) is 17.9 Å². The van der Waals surface area contributed by atoms with E-state index in [1.807, 2.05) is 61.5 Å². The fourth-order valence-corrected chi connectivity index (χ4v) is 2.87. The van der Waals surface area contributed by atoms with Crippen LogP contribution in [0.15, 0.2) is 66.7 Å². The van der Waals surface area contributed by atoms with Gasteiger partial charge in [0.15, 0.2) is 5.78 Å². The van der Waals surface area contributed by atoms with Gasteiger partial charge in [-0.2, -0.15) is 0 Å². The van der Waals surface area contributed by atoms with Gasteiger partial charge in [-0.05, 0) is 18.6 Å². The van der Waals surface area contributed by atoms with Crippen LogP contribution in [0.25, 0.3) is 0 Å². The molecule has 3 nitrogen and oxygen atoms in total. The van der Waals surface area contributed by atoms with Gasteiger partial charge in [-0.25, -0.2) is 4.79 Å². The summed E-state index contributed by atoms with van der Waals surface area (Å²) in [6.45, 7) is 2.01. The van der Waals surface area contributed by atoms with E-state index in [4.69, 9.17) is 4.74 Å². The Balaban J connectivity index is 1.88. The van der Waals surface area contributed by atoms with Gasteiger partial charge in [-0.1, -0.05) is 60.2 Å². The van der Waals surface area contributed by atoms with E-state index in [-0.39, 0.29) is 17.7 Å². The van der Waals surface area contributed by atoms with E-state index in [0.717, 1.165) is 11.1 Å². The summed E-state index contributed by atoms with van der Waals surface area (Å²) in [6.07, 6.45) is 3.08. The molecule has 1 aliphatic heterocycles. The van der Waals surface area contributed by atoms with Gasteiger partial charge in [0, 0.05) is 24.0 Å². The minimum absolute atomic E-state index is 0.0495. The molecule has 3 rings (SSSR count). The highest BCUT2D eigenvalue weighted by molar-refractivity contribution is 5.96. The molecule has 116 valence electrons. The van der Waals surface area contributed by atoms with Crippen LogP contribution < -0.4 is 0 Å². The van der Waals surface area contributed by atoms with Crippen LogP contribution in [0, 0.1) is 6.92 Å². The van der Waals surface area contributed by atoms with Crippen LogP contribution in [-0.2, 0) is 9.53 Å². The molecule has 0 aliphatic carbocycles. The first kappa shape index (κ1) is 15.2. The van der Waals surface area contributed by atoms with Crippen LogP contribution in [0.4, 0.5) is 0 Å². The molecule has 0 saturated heterocycles. The molecule has 2 atom stereocenters. The normalized spacial score (nSPS) is 17.8. The maximum absolute atomic E-state index is 12.6. The van der Waals surface area contributed by atoms with Gasteiger partial charge in [0.1, 0.15) is 6.10 Å². The predicted octanol–water partition coefficient (Wildman–Crippen LogP) is 3.83. The van der Waals surface area contributed by atoms with Gasteiger partial charge in [-0.15, -0.1) is 0 Å². The van der Waals surface area contributed by atoms with Gasteiger partial charge in [-0.3, -0.25) is 4.79 Å². The summed E-state index contributed by atoms with van der Waals surface area (Å²) in [5, 5.41) is 0. The molecule has 0 unspecified atom stereocenters. The van der Waals surface area contributed by atoms with Crippen molar-refractivity contribution in [3.8, 4) is 0 Å². The molecule has 23 heavy (non-hydrogen) atoms. The van der Waals surface area contributed by atoms with Crippen molar-refractivity contribution in [2.75, 3.05) is 0 Å². The topological polar surface area (TPSA) is 43.4 Å². The summed E-state index contributed by atoms with van der Waals surface area (Å²) in [5.74, 6) is -0.474. The first-order valence-corrected chi connectivity index (χ1v) is 7.67. The van der Waals surface area contributed by atoms with Crippen molar-refractivity contribution in [1.82, 2.24) is 0 Å². The number of hydrogen-bond acceptors (Lipinski definition) is 3. The maximum Gasteiger partial charge on any atom is 0.331 e. The fourth-order valence-electron chi connectivity index (χ4n) is 2.87. The average molecular weight is 306 g/mol. The van der Waals surface area contributed by atoms with Crippen LogP contribution in [0.2, 0.25) is 0 Å². The highest BCUT2D eigenvalue weighted by Crippen LogP contribution is 2.31.